The molecule has 1 aliphatic rings. The number of hydrogen-bond acceptors (Lipinski definition) is 7. The number of carbonyl (C=O) groups is 1. The SMILES string of the molecule is NNC(=O)c1cn(CCN2CCC(OCCO)CC2)nn1. The summed E-state index contributed by atoms with van der Waals surface area (Å²) in [6, 6.07) is 0. The Balaban J connectivity index is 1.70. The van der Waals surface area contributed by atoms with Crippen molar-refractivity contribution in [3.8, 4) is 0 Å². The zero-order valence-electron chi connectivity index (χ0n) is 11.9. The second-order valence-electron chi connectivity index (χ2n) is 4.98. The van der Waals surface area contributed by atoms with Gasteiger partial charge in [0, 0.05) is 19.6 Å². The van der Waals surface area contributed by atoms with Gasteiger partial charge in [0.15, 0.2) is 5.69 Å². The first kappa shape index (κ1) is 15.8. The number of nitrogens with two attached hydrogens (primary N) is 1. The zero-order chi connectivity index (χ0) is 15.1. The molecule has 2 rings (SSSR count). The predicted molar refractivity (Wildman–Crippen MR) is 74.2 cm³/mol. The molecule has 0 bridgehead atoms. The number of piperidine rings is 1. The average molecular weight is 298 g/mol. The summed E-state index contributed by atoms with van der Waals surface area (Å²) in [4.78, 5) is 13.6. The Morgan fingerprint density at radius 2 is 2.24 bits per heavy atom. The summed E-state index contributed by atoms with van der Waals surface area (Å²) >= 11 is 0. The normalized spacial score (nSPS) is 17.0. The van der Waals surface area contributed by atoms with E-state index in [1.165, 1.54) is 0 Å². The highest BCUT2D eigenvalue weighted by Gasteiger charge is 2.19. The first-order chi connectivity index (χ1) is 10.2. The van der Waals surface area contributed by atoms with Crippen molar-refractivity contribution in [3.63, 3.8) is 0 Å². The molecule has 0 radical (unpaired) electrons. The number of aromatic nitrogens is 3. The standard InChI is InChI=1S/C12H22N6O3/c13-14-12(20)11-9-18(16-15-11)6-5-17-3-1-10(2-4-17)21-8-7-19/h9-10,19H,1-8,13H2,(H,14,20). The van der Waals surface area contributed by atoms with Crippen LogP contribution in [0.1, 0.15) is 23.3 Å². The van der Waals surface area contributed by atoms with Crippen LogP contribution in [-0.2, 0) is 11.3 Å². The number of rotatable bonds is 7. The van der Waals surface area contributed by atoms with Crippen molar-refractivity contribution in [2.24, 2.45) is 5.84 Å². The smallest absolute Gasteiger partial charge is 0.287 e. The molecule has 118 valence electrons. The van der Waals surface area contributed by atoms with Crippen LogP contribution in [0.4, 0.5) is 0 Å². The second-order valence-corrected chi connectivity index (χ2v) is 4.98. The van der Waals surface area contributed by atoms with Gasteiger partial charge < -0.3 is 14.7 Å². The number of nitrogens with one attached hydrogen (secondary N) is 1. The van der Waals surface area contributed by atoms with E-state index in [1.807, 2.05) is 5.43 Å². The monoisotopic (exact) mass is 298 g/mol. The maximum atomic E-state index is 11.3. The molecule has 0 unspecified atom stereocenters. The third-order valence-corrected chi connectivity index (χ3v) is 3.53. The van der Waals surface area contributed by atoms with E-state index < -0.39 is 5.91 Å². The molecule has 0 saturated carbocycles. The van der Waals surface area contributed by atoms with E-state index in [9.17, 15) is 4.79 Å². The Labute approximate surface area is 123 Å². The number of aliphatic hydroxyl groups excluding tert-OH is 1. The van der Waals surface area contributed by atoms with Crippen molar-refractivity contribution in [2.45, 2.75) is 25.5 Å². The van der Waals surface area contributed by atoms with Crippen LogP contribution in [0.25, 0.3) is 0 Å². The highest BCUT2D eigenvalue weighted by atomic mass is 16.5. The average Bonchev–Trinajstić information content (AvgIpc) is 3.00. The molecule has 0 aliphatic carbocycles. The van der Waals surface area contributed by atoms with Gasteiger partial charge in [-0.25, -0.2) is 5.84 Å². The lowest BCUT2D eigenvalue weighted by Crippen LogP contribution is -2.39. The van der Waals surface area contributed by atoms with Gasteiger partial charge in [-0.05, 0) is 12.8 Å². The van der Waals surface area contributed by atoms with Gasteiger partial charge >= 0.3 is 0 Å². The Bertz CT molecular complexity index is 444. The number of amides is 1. The molecule has 1 saturated heterocycles. The maximum Gasteiger partial charge on any atom is 0.287 e. The van der Waals surface area contributed by atoms with Gasteiger partial charge in [-0.15, -0.1) is 5.10 Å². The summed E-state index contributed by atoms with van der Waals surface area (Å²) in [5, 5.41) is 16.4. The zero-order valence-corrected chi connectivity index (χ0v) is 11.9. The number of aliphatic hydroxyl groups is 1. The van der Waals surface area contributed by atoms with Gasteiger partial charge in [-0.3, -0.25) is 14.9 Å². The summed E-state index contributed by atoms with van der Waals surface area (Å²) in [6.45, 7) is 3.93. The molecule has 1 aliphatic heterocycles. The number of nitrogen functional groups attached to an aromatic ring is 1. The lowest BCUT2D eigenvalue weighted by molar-refractivity contribution is -0.00824. The minimum absolute atomic E-state index is 0.0746. The summed E-state index contributed by atoms with van der Waals surface area (Å²) < 4.78 is 7.16. The largest absolute Gasteiger partial charge is 0.394 e. The number of hydrazine groups is 1. The molecule has 1 aromatic rings. The van der Waals surface area contributed by atoms with E-state index in [0.29, 0.717) is 13.2 Å². The number of hydrogen-bond donors (Lipinski definition) is 3. The van der Waals surface area contributed by atoms with Crippen LogP contribution < -0.4 is 11.3 Å². The van der Waals surface area contributed by atoms with Crippen LogP contribution >= 0.6 is 0 Å². The van der Waals surface area contributed by atoms with Crippen molar-refractivity contribution in [3.05, 3.63) is 11.9 Å². The van der Waals surface area contributed by atoms with Crippen molar-refractivity contribution in [2.75, 3.05) is 32.8 Å². The predicted octanol–water partition coefficient (Wildman–Crippen LogP) is -1.65. The van der Waals surface area contributed by atoms with Gasteiger partial charge in [0.1, 0.15) is 0 Å². The van der Waals surface area contributed by atoms with Gasteiger partial charge in [0.25, 0.3) is 5.91 Å². The minimum Gasteiger partial charge on any atom is -0.394 e. The Morgan fingerprint density at radius 1 is 1.48 bits per heavy atom. The summed E-state index contributed by atoms with van der Waals surface area (Å²) in [7, 11) is 0. The van der Waals surface area contributed by atoms with E-state index in [1.54, 1.807) is 10.9 Å². The van der Waals surface area contributed by atoms with E-state index >= 15 is 0 Å². The quantitative estimate of drug-likeness (QED) is 0.314. The molecule has 4 N–H and O–H groups in total. The molecule has 0 atom stereocenters. The number of ether oxygens (including phenoxy) is 1. The highest BCUT2D eigenvalue weighted by molar-refractivity contribution is 5.91. The first-order valence-electron chi connectivity index (χ1n) is 7.09. The molecular formula is C12H22N6O3. The second kappa shape index (κ2) is 8.03. The Hall–Kier alpha value is -1.55. The molecule has 0 aromatic carbocycles. The topological polar surface area (TPSA) is 119 Å². The van der Waals surface area contributed by atoms with Crippen molar-refractivity contribution >= 4 is 5.91 Å². The van der Waals surface area contributed by atoms with Crippen LogP contribution in [0, 0.1) is 0 Å². The minimum atomic E-state index is -0.442. The summed E-state index contributed by atoms with van der Waals surface area (Å²) in [5.41, 5.74) is 2.24. The van der Waals surface area contributed by atoms with E-state index in [0.717, 1.165) is 32.5 Å². The molecule has 21 heavy (non-hydrogen) atoms. The molecule has 1 amide bonds. The van der Waals surface area contributed by atoms with Crippen molar-refractivity contribution in [1.82, 2.24) is 25.3 Å². The molecule has 9 heteroatoms. The van der Waals surface area contributed by atoms with Gasteiger partial charge in [0.2, 0.25) is 0 Å². The molecular weight excluding hydrogens is 276 g/mol. The van der Waals surface area contributed by atoms with Gasteiger partial charge in [0.05, 0.1) is 32.1 Å². The van der Waals surface area contributed by atoms with Crippen LogP contribution in [0.3, 0.4) is 0 Å². The Morgan fingerprint density at radius 3 is 2.90 bits per heavy atom. The Kier molecular flexibility index (Phi) is 6.05. The lowest BCUT2D eigenvalue weighted by Gasteiger charge is -2.31. The summed E-state index contributed by atoms with van der Waals surface area (Å²) in [6.07, 6.45) is 3.77. The number of nitrogens with zero attached hydrogens (tertiary/aromatic N) is 4. The van der Waals surface area contributed by atoms with Gasteiger partial charge in [-0.1, -0.05) is 5.21 Å². The lowest BCUT2D eigenvalue weighted by atomic mass is 10.1. The highest BCUT2D eigenvalue weighted by Crippen LogP contribution is 2.13. The molecule has 9 nitrogen and oxygen atoms in total. The van der Waals surface area contributed by atoms with E-state index in [4.69, 9.17) is 15.7 Å². The van der Waals surface area contributed by atoms with E-state index in [2.05, 4.69) is 15.2 Å². The third-order valence-electron chi connectivity index (χ3n) is 3.53. The number of carbonyl (C=O) groups excluding carboxylic acids is 1. The fourth-order valence-electron chi connectivity index (χ4n) is 2.35. The fraction of sp³-hybridized carbons (Fsp3) is 0.750. The number of likely N-dealkylation sites (tertiary alicyclic amines) is 1. The summed E-state index contributed by atoms with van der Waals surface area (Å²) in [5.74, 6) is 4.60. The van der Waals surface area contributed by atoms with Crippen LogP contribution in [0.2, 0.25) is 0 Å². The van der Waals surface area contributed by atoms with Gasteiger partial charge in [-0.2, -0.15) is 0 Å². The van der Waals surface area contributed by atoms with Crippen LogP contribution in [-0.4, -0.2) is 69.9 Å². The molecule has 0 spiro atoms. The fourth-order valence-corrected chi connectivity index (χ4v) is 2.35. The maximum absolute atomic E-state index is 11.3. The van der Waals surface area contributed by atoms with Crippen molar-refractivity contribution < 1.29 is 14.6 Å². The van der Waals surface area contributed by atoms with Crippen LogP contribution in [0.5, 0.6) is 0 Å². The molecule has 1 aromatic heterocycles. The third kappa shape index (κ3) is 4.74. The molecule has 1 fully saturated rings. The van der Waals surface area contributed by atoms with E-state index in [-0.39, 0.29) is 18.4 Å². The molecule has 2 heterocycles. The van der Waals surface area contributed by atoms with Crippen molar-refractivity contribution in [1.29, 1.82) is 0 Å². The van der Waals surface area contributed by atoms with Crippen LogP contribution in [0.15, 0.2) is 6.20 Å². The first-order valence-corrected chi connectivity index (χ1v) is 7.09.